The fraction of sp³-hybridized carbons (Fsp3) is 0.412. The van der Waals surface area contributed by atoms with Crippen molar-refractivity contribution in [3.8, 4) is 0 Å². The summed E-state index contributed by atoms with van der Waals surface area (Å²) in [6.45, 7) is 4.11. The van der Waals surface area contributed by atoms with Gasteiger partial charge in [-0.05, 0) is 51.7 Å². The molecular formula is C17H24FN3O2. The first-order chi connectivity index (χ1) is 10.8. The van der Waals surface area contributed by atoms with Gasteiger partial charge >= 0.3 is 0 Å². The number of nitrogens with zero attached hydrogens (tertiary/aromatic N) is 2. The van der Waals surface area contributed by atoms with Crippen LogP contribution in [0.3, 0.4) is 0 Å². The molecule has 0 atom stereocenters. The topological polar surface area (TPSA) is 67.6 Å². The van der Waals surface area contributed by atoms with Crippen LogP contribution in [0.15, 0.2) is 35.6 Å². The van der Waals surface area contributed by atoms with Gasteiger partial charge in [0.25, 0.3) is 5.91 Å². The lowest BCUT2D eigenvalue weighted by Gasteiger charge is -2.26. The lowest BCUT2D eigenvalue weighted by Crippen LogP contribution is -2.39. The number of nitrogens with one attached hydrogen (secondary N) is 1. The highest BCUT2D eigenvalue weighted by atomic mass is 19.1. The van der Waals surface area contributed by atoms with Gasteiger partial charge in [-0.25, -0.2) is 4.39 Å². The molecule has 2 N–H and O–H groups in total. The number of aliphatic hydroxyl groups excluding tert-OH is 1. The van der Waals surface area contributed by atoms with Crippen LogP contribution in [-0.4, -0.2) is 48.8 Å². The fourth-order valence-corrected chi connectivity index (χ4v) is 2.08. The van der Waals surface area contributed by atoms with E-state index in [-0.39, 0.29) is 22.9 Å². The third kappa shape index (κ3) is 5.17. The summed E-state index contributed by atoms with van der Waals surface area (Å²) in [5.41, 5.74) is 0.600. The molecule has 0 spiro atoms. The van der Waals surface area contributed by atoms with Crippen molar-refractivity contribution in [2.45, 2.75) is 20.3 Å². The average Bonchev–Trinajstić information content (AvgIpc) is 2.48. The van der Waals surface area contributed by atoms with Gasteiger partial charge < -0.3 is 20.3 Å². The van der Waals surface area contributed by atoms with E-state index in [9.17, 15) is 14.3 Å². The summed E-state index contributed by atoms with van der Waals surface area (Å²) in [4.78, 5) is 16.2. The summed E-state index contributed by atoms with van der Waals surface area (Å²) in [6.07, 6.45) is 0.337. The number of aliphatic hydroxyl groups is 1. The second kappa shape index (κ2) is 8.43. The molecule has 0 aromatic heterocycles. The van der Waals surface area contributed by atoms with Gasteiger partial charge in [-0.15, -0.1) is 0 Å². The normalized spacial score (nSPS) is 12.1. The van der Waals surface area contributed by atoms with Crippen molar-refractivity contribution < 1.29 is 14.3 Å². The Hall–Kier alpha value is -2.21. The van der Waals surface area contributed by atoms with Crippen LogP contribution in [-0.2, 0) is 4.79 Å². The Morgan fingerprint density at radius 2 is 1.78 bits per heavy atom. The number of anilines is 1. The molecule has 0 aliphatic rings. The van der Waals surface area contributed by atoms with E-state index >= 15 is 0 Å². The molecule has 0 bridgehead atoms. The molecule has 6 heteroatoms. The number of carbonyl (C=O) groups excluding carboxylic acids is 1. The highest BCUT2D eigenvalue weighted by Crippen LogP contribution is 2.19. The predicted molar refractivity (Wildman–Crippen MR) is 90.7 cm³/mol. The molecule has 1 aromatic rings. The lowest BCUT2D eigenvalue weighted by molar-refractivity contribution is -0.114. The standard InChI is InChI=1S/C17H24FN3O2/c1-5-15(19)16(12(2)22)17(23)21(11-10-20(3)4)14-8-6-13(18)7-9-14/h6-9,19,22H,5,10-11H2,1-4H3. The van der Waals surface area contributed by atoms with Crippen LogP contribution in [0.4, 0.5) is 10.1 Å². The zero-order valence-corrected chi connectivity index (χ0v) is 14.1. The summed E-state index contributed by atoms with van der Waals surface area (Å²) in [6, 6.07) is 5.60. The van der Waals surface area contributed by atoms with E-state index < -0.39 is 5.91 Å². The van der Waals surface area contributed by atoms with Gasteiger partial charge in [-0.2, -0.15) is 0 Å². The van der Waals surface area contributed by atoms with E-state index in [0.29, 0.717) is 25.2 Å². The number of hydrogen-bond acceptors (Lipinski definition) is 4. The number of allylic oxidation sites excluding steroid dienone is 1. The third-order valence-corrected chi connectivity index (χ3v) is 3.39. The maximum Gasteiger partial charge on any atom is 0.263 e. The molecule has 0 heterocycles. The van der Waals surface area contributed by atoms with Crippen molar-refractivity contribution in [1.82, 2.24) is 4.90 Å². The van der Waals surface area contributed by atoms with Crippen molar-refractivity contribution >= 4 is 17.3 Å². The Morgan fingerprint density at radius 1 is 1.22 bits per heavy atom. The number of hydrogen-bond donors (Lipinski definition) is 2. The van der Waals surface area contributed by atoms with Crippen molar-refractivity contribution in [2.75, 3.05) is 32.1 Å². The smallest absolute Gasteiger partial charge is 0.263 e. The molecule has 0 aliphatic heterocycles. The van der Waals surface area contributed by atoms with Crippen LogP contribution in [0.5, 0.6) is 0 Å². The number of rotatable bonds is 7. The summed E-state index contributed by atoms with van der Waals surface area (Å²) < 4.78 is 13.1. The molecule has 1 amide bonds. The molecular weight excluding hydrogens is 297 g/mol. The number of halogens is 1. The van der Waals surface area contributed by atoms with Gasteiger partial charge in [0.2, 0.25) is 0 Å². The zero-order valence-electron chi connectivity index (χ0n) is 14.1. The second-order valence-corrected chi connectivity index (χ2v) is 5.53. The summed E-state index contributed by atoms with van der Waals surface area (Å²) in [5.74, 6) is -1.02. The van der Waals surface area contributed by atoms with Gasteiger partial charge in [0.05, 0.1) is 5.57 Å². The second-order valence-electron chi connectivity index (χ2n) is 5.53. The van der Waals surface area contributed by atoms with E-state index in [2.05, 4.69) is 0 Å². The molecule has 126 valence electrons. The molecule has 1 aromatic carbocycles. The Kier molecular flexibility index (Phi) is 6.90. The van der Waals surface area contributed by atoms with E-state index in [1.54, 1.807) is 6.92 Å². The lowest BCUT2D eigenvalue weighted by atomic mass is 10.1. The van der Waals surface area contributed by atoms with Crippen LogP contribution in [0.2, 0.25) is 0 Å². The van der Waals surface area contributed by atoms with Crippen molar-refractivity contribution in [3.05, 3.63) is 41.4 Å². The Bertz CT molecular complexity index is 590. The van der Waals surface area contributed by atoms with Crippen molar-refractivity contribution in [2.24, 2.45) is 0 Å². The maximum absolute atomic E-state index is 13.1. The van der Waals surface area contributed by atoms with E-state index in [1.807, 2.05) is 19.0 Å². The minimum Gasteiger partial charge on any atom is -0.512 e. The largest absolute Gasteiger partial charge is 0.512 e. The average molecular weight is 321 g/mol. The van der Waals surface area contributed by atoms with Crippen molar-refractivity contribution in [1.29, 1.82) is 5.41 Å². The third-order valence-electron chi connectivity index (χ3n) is 3.39. The first-order valence-electron chi connectivity index (χ1n) is 7.47. The van der Waals surface area contributed by atoms with Gasteiger partial charge in [0.15, 0.2) is 0 Å². The van der Waals surface area contributed by atoms with Gasteiger partial charge in [0, 0.05) is 24.5 Å². The summed E-state index contributed by atoms with van der Waals surface area (Å²) in [7, 11) is 3.77. The van der Waals surface area contributed by atoms with Gasteiger partial charge in [-0.1, -0.05) is 6.92 Å². The van der Waals surface area contributed by atoms with E-state index in [0.717, 1.165) is 0 Å². The summed E-state index contributed by atoms with van der Waals surface area (Å²) >= 11 is 0. The first-order valence-corrected chi connectivity index (χ1v) is 7.47. The monoisotopic (exact) mass is 321 g/mol. The highest BCUT2D eigenvalue weighted by molar-refractivity contribution is 6.25. The minimum atomic E-state index is -0.453. The molecule has 0 radical (unpaired) electrons. The van der Waals surface area contributed by atoms with Crippen LogP contribution >= 0.6 is 0 Å². The Morgan fingerprint density at radius 3 is 2.22 bits per heavy atom. The van der Waals surface area contributed by atoms with Crippen LogP contribution in [0.25, 0.3) is 0 Å². The van der Waals surface area contributed by atoms with Gasteiger partial charge in [-0.3, -0.25) is 4.79 Å². The molecule has 0 aliphatic carbocycles. The maximum atomic E-state index is 13.1. The zero-order chi connectivity index (χ0) is 17.6. The fourth-order valence-electron chi connectivity index (χ4n) is 2.08. The number of benzene rings is 1. The molecule has 0 unspecified atom stereocenters. The molecule has 5 nitrogen and oxygen atoms in total. The molecule has 0 saturated carbocycles. The van der Waals surface area contributed by atoms with Crippen LogP contribution in [0.1, 0.15) is 20.3 Å². The molecule has 0 saturated heterocycles. The Balaban J connectivity index is 3.22. The van der Waals surface area contributed by atoms with Crippen LogP contribution < -0.4 is 4.90 Å². The SMILES string of the molecule is CCC(=N)C(C(=O)N(CCN(C)C)c1ccc(F)cc1)=C(C)O. The minimum absolute atomic E-state index is 0.00409. The Labute approximate surface area is 136 Å². The van der Waals surface area contributed by atoms with E-state index in [1.165, 1.54) is 36.1 Å². The predicted octanol–water partition coefficient (Wildman–Crippen LogP) is 2.98. The quantitative estimate of drug-likeness (QED) is 0.461. The molecule has 23 heavy (non-hydrogen) atoms. The number of amides is 1. The number of carbonyl (C=O) groups is 1. The van der Waals surface area contributed by atoms with Crippen LogP contribution in [0, 0.1) is 11.2 Å². The summed E-state index contributed by atoms with van der Waals surface area (Å²) in [5, 5.41) is 17.7. The van der Waals surface area contributed by atoms with Gasteiger partial charge in [0.1, 0.15) is 11.6 Å². The molecule has 0 fully saturated rings. The first kappa shape index (κ1) is 18.8. The van der Waals surface area contributed by atoms with Crippen molar-refractivity contribution in [3.63, 3.8) is 0 Å². The van der Waals surface area contributed by atoms with E-state index in [4.69, 9.17) is 5.41 Å². The number of likely N-dealkylation sites (N-methyl/N-ethyl adjacent to an activating group) is 1. The highest BCUT2D eigenvalue weighted by Gasteiger charge is 2.24. The molecule has 1 rings (SSSR count).